The van der Waals surface area contributed by atoms with Crippen LogP contribution >= 0.6 is 23.8 Å². The summed E-state index contributed by atoms with van der Waals surface area (Å²) in [5.74, 6) is 1.30. The van der Waals surface area contributed by atoms with Crippen molar-refractivity contribution in [2.45, 2.75) is 0 Å². The average molecular weight is 371 g/mol. The highest BCUT2D eigenvalue weighted by molar-refractivity contribution is 7.71. The Hall–Kier alpha value is -2.70. The quantitative estimate of drug-likeness (QED) is 0.521. The van der Waals surface area contributed by atoms with Crippen molar-refractivity contribution in [1.29, 1.82) is 0 Å². The summed E-state index contributed by atoms with van der Waals surface area (Å²) in [5, 5.41) is 11.8. The standard InChI is InChI=1S/C18H15ClN4OS/c1-24-16-9-5-8-14(11-16)17-21-22-18(25)23(17)20-12-15(19)10-13-6-3-2-4-7-13/h2-12H,1H3,(H,22,25)/b15-10-,20-12-. The van der Waals surface area contributed by atoms with Gasteiger partial charge in [0.1, 0.15) is 5.75 Å². The number of nitrogens with one attached hydrogen (secondary N) is 1. The third-order valence-corrected chi connectivity index (χ3v) is 3.85. The lowest BCUT2D eigenvalue weighted by molar-refractivity contribution is 0.415. The summed E-state index contributed by atoms with van der Waals surface area (Å²) >= 11 is 11.5. The molecule has 1 aromatic heterocycles. The molecule has 3 rings (SSSR count). The minimum absolute atomic E-state index is 0.373. The predicted molar refractivity (Wildman–Crippen MR) is 104 cm³/mol. The predicted octanol–water partition coefficient (Wildman–Crippen LogP) is 4.73. The van der Waals surface area contributed by atoms with Crippen molar-refractivity contribution >= 4 is 36.1 Å². The summed E-state index contributed by atoms with van der Waals surface area (Å²) in [4.78, 5) is 0. The van der Waals surface area contributed by atoms with E-state index in [-0.39, 0.29) is 0 Å². The van der Waals surface area contributed by atoms with Crippen LogP contribution in [0.15, 0.2) is 64.7 Å². The van der Waals surface area contributed by atoms with E-state index < -0.39 is 0 Å². The molecule has 0 saturated heterocycles. The average Bonchev–Trinajstić information content (AvgIpc) is 3.01. The summed E-state index contributed by atoms with van der Waals surface area (Å²) in [7, 11) is 1.61. The van der Waals surface area contributed by atoms with Gasteiger partial charge < -0.3 is 4.74 Å². The molecule has 0 atom stereocenters. The summed E-state index contributed by atoms with van der Waals surface area (Å²) in [6.45, 7) is 0. The lowest BCUT2D eigenvalue weighted by Gasteiger charge is -2.03. The molecule has 0 aliphatic carbocycles. The lowest BCUT2D eigenvalue weighted by atomic mass is 10.2. The van der Waals surface area contributed by atoms with E-state index in [1.807, 2.05) is 60.7 Å². The van der Waals surface area contributed by atoms with Gasteiger partial charge in [-0.25, -0.2) is 5.10 Å². The highest BCUT2D eigenvalue weighted by Gasteiger charge is 2.09. The Morgan fingerprint density at radius 1 is 1.24 bits per heavy atom. The zero-order valence-electron chi connectivity index (χ0n) is 13.4. The SMILES string of the molecule is COc1cccc(-c2n[nH]c(=S)n2/N=C\C(Cl)=C\c2ccccc2)c1. The van der Waals surface area contributed by atoms with Crippen LogP contribution in [0.25, 0.3) is 17.5 Å². The minimum atomic E-state index is 0.373. The van der Waals surface area contributed by atoms with Crippen LogP contribution in [0.2, 0.25) is 0 Å². The van der Waals surface area contributed by atoms with Gasteiger partial charge in [0.15, 0.2) is 5.82 Å². The Kier molecular flexibility index (Phi) is 5.42. The van der Waals surface area contributed by atoms with Crippen LogP contribution in [0.3, 0.4) is 0 Å². The van der Waals surface area contributed by atoms with Crippen molar-refractivity contribution in [3.8, 4) is 17.1 Å². The molecular weight excluding hydrogens is 356 g/mol. The van der Waals surface area contributed by atoms with Gasteiger partial charge in [0.2, 0.25) is 4.77 Å². The minimum Gasteiger partial charge on any atom is -0.497 e. The maximum atomic E-state index is 6.24. The number of benzene rings is 2. The first-order chi connectivity index (χ1) is 12.2. The summed E-state index contributed by atoms with van der Waals surface area (Å²) in [6, 6.07) is 17.3. The molecule has 0 aliphatic heterocycles. The Morgan fingerprint density at radius 3 is 2.80 bits per heavy atom. The first-order valence-electron chi connectivity index (χ1n) is 7.46. The van der Waals surface area contributed by atoms with E-state index in [0.29, 0.717) is 15.6 Å². The van der Waals surface area contributed by atoms with Gasteiger partial charge in [-0.3, -0.25) is 0 Å². The third-order valence-electron chi connectivity index (χ3n) is 3.38. The van der Waals surface area contributed by atoms with Gasteiger partial charge in [0.25, 0.3) is 0 Å². The van der Waals surface area contributed by atoms with Gasteiger partial charge in [-0.15, -0.1) is 0 Å². The third kappa shape index (κ3) is 4.23. The number of rotatable bonds is 5. The Morgan fingerprint density at radius 2 is 2.04 bits per heavy atom. The molecule has 126 valence electrons. The van der Waals surface area contributed by atoms with Crippen molar-refractivity contribution < 1.29 is 4.74 Å². The fourth-order valence-corrected chi connectivity index (χ4v) is 2.56. The first kappa shape index (κ1) is 17.1. The topological polar surface area (TPSA) is 55.2 Å². The maximum absolute atomic E-state index is 6.24. The summed E-state index contributed by atoms with van der Waals surface area (Å²) in [5.41, 5.74) is 1.81. The molecule has 3 aromatic rings. The van der Waals surface area contributed by atoms with E-state index in [2.05, 4.69) is 15.3 Å². The van der Waals surface area contributed by atoms with Crippen molar-refractivity contribution in [3.05, 3.63) is 70.0 Å². The van der Waals surface area contributed by atoms with E-state index >= 15 is 0 Å². The van der Waals surface area contributed by atoms with Crippen LogP contribution in [0.1, 0.15) is 5.56 Å². The molecular formula is C18H15ClN4OS. The van der Waals surface area contributed by atoms with Crippen molar-refractivity contribution in [2.24, 2.45) is 5.10 Å². The lowest BCUT2D eigenvalue weighted by Crippen LogP contribution is -1.95. The molecule has 2 aromatic carbocycles. The van der Waals surface area contributed by atoms with Crippen LogP contribution in [-0.2, 0) is 0 Å². The van der Waals surface area contributed by atoms with Crippen LogP contribution in [0.4, 0.5) is 0 Å². The number of aromatic nitrogens is 3. The molecule has 0 amide bonds. The molecule has 0 fully saturated rings. The van der Waals surface area contributed by atoms with Gasteiger partial charge >= 0.3 is 0 Å². The fourth-order valence-electron chi connectivity index (χ4n) is 2.21. The molecule has 5 nitrogen and oxygen atoms in total. The second-order valence-electron chi connectivity index (χ2n) is 5.08. The summed E-state index contributed by atoms with van der Waals surface area (Å²) in [6.07, 6.45) is 3.35. The first-order valence-corrected chi connectivity index (χ1v) is 8.24. The van der Waals surface area contributed by atoms with Gasteiger partial charge in [0, 0.05) is 5.56 Å². The Balaban J connectivity index is 1.92. The van der Waals surface area contributed by atoms with E-state index in [0.717, 1.165) is 16.9 Å². The molecule has 0 saturated carbocycles. The smallest absolute Gasteiger partial charge is 0.216 e. The van der Waals surface area contributed by atoms with Crippen molar-refractivity contribution in [3.63, 3.8) is 0 Å². The van der Waals surface area contributed by atoms with Gasteiger partial charge in [0.05, 0.1) is 18.4 Å². The zero-order valence-corrected chi connectivity index (χ0v) is 15.0. The number of ether oxygens (including phenoxy) is 1. The van der Waals surface area contributed by atoms with Gasteiger partial charge in [-0.2, -0.15) is 14.9 Å². The fraction of sp³-hybridized carbons (Fsp3) is 0.0556. The van der Waals surface area contributed by atoms with Crippen LogP contribution in [-0.4, -0.2) is 28.2 Å². The van der Waals surface area contributed by atoms with E-state index in [1.165, 1.54) is 10.9 Å². The number of hydrogen-bond acceptors (Lipinski definition) is 4. The van der Waals surface area contributed by atoms with E-state index in [9.17, 15) is 0 Å². The van der Waals surface area contributed by atoms with Gasteiger partial charge in [-0.05, 0) is 36.0 Å². The molecule has 0 radical (unpaired) electrons. The molecule has 1 N–H and O–H groups in total. The largest absolute Gasteiger partial charge is 0.497 e. The molecule has 0 aliphatic rings. The number of H-pyrrole nitrogens is 1. The van der Waals surface area contributed by atoms with Crippen LogP contribution < -0.4 is 4.74 Å². The maximum Gasteiger partial charge on any atom is 0.216 e. The Bertz CT molecular complexity index is 976. The van der Waals surface area contributed by atoms with E-state index in [4.69, 9.17) is 28.6 Å². The van der Waals surface area contributed by atoms with Crippen LogP contribution in [0, 0.1) is 4.77 Å². The van der Waals surface area contributed by atoms with E-state index in [1.54, 1.807) is 7.11 Å². The van der Waals surface area contributed by atoms with Gasteiger partial charge in [-0.1, -0.05) is 54.1 Å². The summed E-state index contributed by atoms with van der Waals surface area (Å²) < 4.78 is 7.14. The number of methoxy groups -OCH3 is 1. The molecule has 1 heterocycles. The molecule has 7 heteroatoms. The Labute approximate surface area is 155 Å². The highest BCUT2D eigenvalue weighted by atomic mass is 35.5. The second-order valence-corrected chi connectivity index (χ2v) is 5.90. The monoisotopic (exact) mass is 370 g/mol. The number of halogens is 1. The van der Waals surface area contributed by atoms with Crippen molar-refractivity contribution in [1.82, 2.24) is 14.9 Å². The number of hydrogen-bond donors (Lipinski definition) is 1. The molecule has 0 bridgehead atoms. The van der Waals surface area contributed by atoms with Crippen molar-refractivity contribution in [2.75, 3.05) is 7.11 Å². The van der Waals surface area contributed by atoms with Crippen LogP contribution in [0.5, 0.6) is 5.75 Å². The zero-order chi connectivity index (χ0) is 17.6. The highest BCUT2D eigenvalue weighted by Crippen LogP contribution is 2.22. The second kappa shape index (κ2) is 7.92. The number of nitrogens with zero attached hydrogens (tertiary/aromatic N) is 3. The number of allylic oxidation sites excluding steroid dienone is 1. The normalized spacial score (nSPS) is 11.8. The molecule has 0 unspecified atom stereocenters. The number of aromatic amines is 1. The molecule has 0 spiro atoms. The molecule has 25 heavy (non-hydrogen) atoms.